The number of hydrogen-bond donors (Lipinski definition) is 2. The van der Waals surface area contributed by atoms with Crippen LogP contribution in [-0.2, 0) is 10.0 Å². The summed E-state index contributed by atoms with van der Waals surface area (Å²) in [4.78, 5) is 12.9. The molecule has 0 aliphatic carbocycles. The number of carbonyl (C=O) groups is 1. The summed E-state index contributed by atoms with van der Waals surface area (Å²) in [7, 11) is -3.61. The lowest BCUT2D eigenvalue weighted by Gasteiger charge is -2.32. The van der Waals surface area contributed by atoms with Crippen LogP contribution in [0.1, 0.15) is 63.7 Å². The second-order valence-corrected chi connectivity index (χ2v) is 10.2. The van der Waals surface area contributed by atoms with Crippen molar-refractivity contribution in [2.45, 2.75) is 69.9 Å². The van der Waals surface area contributed by atoms with E-state index in [0.29, 0.717) is 24.6 Å². The van der Waals surface area contributed by atoms with Crippen LogP contribution in [0.4, 0.5) is 0 Å². The fourth-order valence-corrected chi connectivity index (χ4v) is 5.54. The Kier molecular flexibility index (Phi) is 7.05. The monoisotopic (exact) mass is 395 g/mol. The lowest BCUT2D eigenvalue weighted by molar-refractivity contribution is 0.0898. The molecule has 1 fully saturated rings. The second-order valence-electron chi connectivity index (χ2n) is 8.31. The predicted octanol–water partition coefficient (Wildman–Crippen LogP) is 2.74. The highest BCUT2D eigenvalue weighted by atomic mass is 32.2. The van der Waals surface area contributed by atoms with Gasteiger partial charge in [0, 0.05) is 30.2 Å². The number of amides is 1. The summed E-state index contributed by atoms with van der Waals surface area (Å²) < 4.78 is 27.6. The van der Waals surface area contributed by atoms with Gasteiger partial charge in [0.2, 0.25) is 10.0 Å². The number of nitrogens with two attached hydrogens (primary N) is 1. The molecule has 6 nitrogen and oxygen atoms in total. The van der Waals surface area contributed by atoms with E-state index in [1.54, 1.807) is 22.5 Å². The molecule has 0 spiro atoms. The molecule has 2 atom stereocenters. The van der Waals surface area contributed by atoms with Gasteiger partial charge in [0.05, 0.1) is 4.90 Å². The molecule has 7 heteroatoms. The molecule has 0 saturated carbocycles. The van der Waals surface area contributed by atoms with Crippen LogP contribution in [0.15, 0.2) is 29.2 Å². The topological polar surface area (TPSA) is 92.5 Å². The second kappa shape index (κ2) is 8.71. The highest BCUT2D eigenvalue weighted by molar-refractivity contribution is 7.89. The molecule has 1 aliphatic rings. The van der Waals surface area contributed by atoms with Gasteiger partial charge in [-0.15, -0.1) is 0 Å². The van der Waals surface area contributed by atoms with Crippen LogP contribution in [-0.4, -0.2) is 43.3 Å². The summed E-state index contributed by atoms with van der Waals surface area (Å²) in [5.74, 6) is 0.0819. The average Bonchev–Trinajstić information content (AvgIpc) is 2.61. The van der Waals surface area contributed by atoms with Gasteiger partial charge in [-0.25, -0.2) is 8.42 Å². The zero-order valence-electron chi connectivity index (χ0n) is 16.9. The molecule has 152 valence electrons. The molecular formula is C20H33N3O3S. The third-order valence-electron chi connectivity index (χ3n) is 5.17. The Morgan fingerprint density at radius 2 is 2.07 bits per heavy atom. The van der Waals surface area contributed by atoms with Crippen LogP contribution >= 0.6 is 0 Å². The Morgan fingerprint density at radius 1 is 1.37 bits per heavy atom. The minimum Gasteiger partial charge on any atom is -0.346 e. The lowest BCUT2D eigenvalue weighted by atomic mass is 9.90. The van der Waals surface area contributed by atoms with E-state index >= 15 is 0 Å². The van der Waals surface area contributed by atoms with E-state index in [1.165, 1.54) is 6.07 Å². The number of benzene rings is 1. The van der Waals surface area contributed by atoms with Crippen LogP contribution in [0, 0.1) is 5.92 Å². The molecule has 1 aromatic rings. The van der Waals surface area contributed by atoms with Gasteiger partial charge in [-0.1, -0.05) is 26.3 Å². The normalized spacial score (nSPS) is 21.0. The molecular weight excluding hydrogens is 362 g/mol. The third kappa shape index (κ3) is 5.30. The summed E-state index contributed by atoms with van der Waals surface area (Å²) in [5, 5.41) is 2.99. The maximum atomic E-state index is 13.0. The first kappa shape index (κ1) is 21.9. The summed E-state index contributed by atoms with van der Waals surface area (Å²) >= 11 is 0. The predicted molar refractivity (Wildman–Crippen MR) is 108 cm³/mol. The Hall–Kier alpha value is -1.44. The first-order chi connectivity index (χ1) is 12.6. The van der Waals surface area contributed by atoms with E-state index < -0.39 is 15.6 Å². The fraction of sp³-hybridized carbons (Fsp3) is 0.650. The number of carbonyl (C=O) groups excluding carboxylic acids is 1. The molecule has 0 bridgehead atoms. The number of rotatable bonds is 7. The molecule has 3 N–H and O–H groups in total. The minimum absolute atomic E-state index is 0.0205. The zero-order valence-corrected chi connectivity index (χ0v) is 17.7. The first-order valence-electron chi connectivity index (χ1n) is 9.73. The molecule has 1 aromatic carbocycles. The van der Waals surface area contributed by atoms with Gasteiger partial charge < -0.3 is 11.1 Å². The number of nitrogens with one attached hydrogen (secondary N) is 1. The van der Waals surface area contributed by atoms with Crippen LogP contribution in [0.25, 0.3) is 0 Å². The summed E-state index contributed by atoms with van der Waals surface area (Å²) in [6.45, 7) is 8.85. The van der Waals surface area contributed by atoms with E-state index in [4.69, 9.17) is 5.73 Å². The van der Waals surface area contributed by atoms with Crippen molar-refractivity contribution in [2.75, 3.05) is 13.1 Å². The number of hydrogen-bond acceptors (Lipinski definition) is 4. The molecule has 2 unspecified atom stereocenters. The van der Waals surface area contributed by atoms with Crippen LogP contribution in [0.3, 0.4) is 0 Å². The standard InChI is InChI=1S/C20H33N3O3S/c1-15(2)13-20(4,14-21)22-19(24)17-9-7-10-18(12-17)27(25,26)23-11-6-5-8-16(23)3/h7,9-10,12,15-16H,5-6,8,11,13-14,21H2,1-4H3,(H,22,24). The Labute approximate surface area is 163 Å². The van der Waals surface area contributed by atoms with E-state index in [-0.39, 0.29) is 16.8 Å². The third-order valence-corrected chi connectivity index (χ3v) is 7.18. The Morgan fingerprint density at radius 3 is 2.67 bits per heavy atom. The van der Waals surface area contributed by atoms with Crippen molar-refractivity contribution in [1.29, 1.82) is 0 Å². The van der Waals surface area contributed by atoms with Gasteiger partial charge >= 0.3 is 0 Å². The average molecular weight is 396 g/mol. The van der Waals surface area contributed by atoms with Crippen molar-refractivity contribution >= 4 is 15.9 Å². The lowest BCUT2D eigenvalue weighted by Crippen LogP contribution is -2.52. The molecule has 27 heavy (non-hydrogen) atoms. The van der Waals surface area contributed by atoms with Gasteiger partial charge in [0.1, 0.15) is 0 Å². The van der Waals surface area contributed by atoms with E-state index in [0.717, 1.165) is 25.7 Å². The SMILES string of the molecule is CC(C)CC(C)(CN)NC(=O)c1cccc(S(=O)(=O)N2CCCCC2C)c1. The molecule has 1 amide bonds. The van der Waals surface area contributed by atoms with Crippen molar-refractivity contribution in [3.05, 3.63) is 29.8 Å². The maximum absolute atomic E-state index is 13.0. The number of piperidine rings is 1. The van der Waals surface area contributed by atoms with Crippen molar-refractivity contribution in [3.63, 3.8) is 0 Å². The first-order valence-corrected chi connectivity index (χ1v) is 11.2. The van der Waals surface area contributed by atoms with Crippen LogP contribution in [0.2, 0.25) is 0 Å². The zero-order chi connectivity index (χ0) is 20.2. The van der Waals surface area contributed by atoms with Gasteiger partial charge in [-0.3, -0.25) is 4.79 Å². The molecule has 1 aliphatic heterocycles. The van der Waals surface area contributed by atoms with Crippen molar-refractivity contribution < 1.29 is 13.2 Å². The van der Waals surface area contributed by atoms with Crippen molar-refractivity contribution in [3.8, 4) is 0 Å². The van der Waals surface area contributed by atoms with E-state index in [1.807, 2.05) is 13.8 Å². The molecule has 0 radical (unpaired) electrons. The van der Waals surface area contributed by atoms with Gasteiger partial charge in [0.15, 0.2) is 0 Å². The van der Waals surface area contributed by atoms with E-state index in [2.05, 4.69) is 19.2 Å². The van der Waals surface area contributed by atoms with E-state index in [9.17, 15) is 13.2 Å². The quantitative estimate of drug-likeness (QED) is 0.742. The molecule has 2 rings (SSSR count). The highest BCUT2D eigenvalue weighted by Gasteiger charge is 2.32. The molecule has 1 saturated heterocycles. The van der Waals surface area contributed by atoms with Crippen molar-refractivity contribution in [1.82, 2.24) is 9.62 Å². The smallest absolute Gasteiger partial charge is 0.251 e. The summed E-state index contributed by atoms with van der Waals surface area (Å²) in [5.41, 5.74) is 5.69. The Bertz CT molecular complexity index is 763. The molecule has 1 heterocycles. The Balaban J connectivity index is 2.25. The van der Waals surface area contributed by atoms with Crippen LogP contribution in [0.5, 0.6) is 0 Å². The summed E-state index contributed by atoms with van der Waals surface area (Å²) in [6.07, 6.45) is 3.53. The minimum atomic E-state index is -3.61. The highest BCUT2D eigenvalue weighted by Crippen LogP contribution is 2.26. The summed E-state index contributed by atoms with van der Waals surface area (Å²) in [6, 6.07) is 6.27. The number of sulfonamides is 1. The van der Waals surface area contributed by atoms with Crippen LogP contribution < -0.4 is 11.1 Å². The maximum Gasteiger partial charge on any atom is 0.251 e. The number of nitrogens with zero attached hydrogens (tertiary/aromatic N) is 1. The fourth-order valence-electron chi connectivity index (χ4n) is 3.79. The van der Waals surface area contributed by atoms with Crippen molar-refractivity contribution in [2.24, 2.45) is 11.7 Å². The van der Waals surface area contributed by atoms with Gasteiger partial charge in [0.25, 0.3) is 5.91 Å². The molecule has 0 aromatic heterocycles. The van der Waals surface area contributed by atoms with Gasteiger partial charge in [-0.2, -0.15) is 4.31 Å². The van der Waals surface area contributed by atoms with Gasteiger partial charge in [-0.05, 0) is 57.2 Å². The largest absolute Gasteiger partial charge is 0.346 e.